The highest BCUT2D eigenvalue weighted by atomic mass is 16.4. The largest absolute Gasteiger partial charge is 0.480 e. The van der Waals surface area contributed by atoms with Gasteiger partial charge < -0.3 is 10.2 Å². The van der Waals surface area contributed by atoms with Crippen LogP contribution in [0.3, 0.4) is 0 Å². The minimum Gasteiger partial charge on any atom is -0.480 e. The molecular weight excluding hydrogens is 158 g/mol. The summed E-state index contributed by atoms with van der Waals surface area (Å²) in [4.78, 5) is 12.4. The van der Waals surface area contributed by atoms with E-state index in [0.29, 0.717) is 13.0 Å². The van der Waals surface area contributed by atoms with E-state index >= 15 is 0 Å². The molecule has 1 aliphatic heterocycles. The zero-order valence-electron chi connectivity index (χ0n) is 6.94. The van der Waals surface area contributed by atoms with Crippen LogP contribution in [0.5, 0.6) is 0 Å². The topological polar surface area (TPSA) is 60.8 Å². The first-order chi connectivity index (χ1) is 5.61. The van der Waals surface area contributed by atoms with Gasteiger partial charge in [-0.1, -0.05) is 0 Å². The van der Waals surface area contributed by atoms with Gasteiger partial charge in [0.25, 0.3) is 0 Å². The van der Waals surface area contributed by atoms with Crippen LogP contribution in [0.15, 0.2) is 0 Å². The quantitative estimate of drug-likeness (QED) is 0.615. The van der Waals surface area contributed by atoms with Crippen LogP contribution in [-0.4, -0.2) is 46.3 Å². The van der Waals surface area contributed by atoms with Gasteiger partial charge >= 0.3 is 5.97 Å². The van der Waals surface area contributed by atoms with Gasteiger partial charge in [-0.05, 0) is 26.3 Å². The second-order valence-corrected chi connectivity index (χ2v) is 3.15. The Morgan fingerprint density at radius 2 is 2.42 bits per heavy atom. The van der Waals surface area contributed by atoms with E-state index in [0.717, 1.165) is 13.0 Å². The molecule has 2 unspecified atom stereocenters. The number of nitrogens with zero attached hydrogens (tertiary/aromatic N) is 1. The van der Waals surface area contributed by atoms with Crippen molar-refractivity contribution in [2.45, 2.75) is 25.0 Å². The molecule has 0 saturated carbocycles. The first kappa shape index (κ1) is 9.48. The summed E-state index contributed by atoms with van der Waals surface area (Å²) in [6, 6.07) is -0.415. The van der Waals surface area contributed by atoms with E-state index < -0.39 is 18.1 Å². The van der Waals surface area contributed by atoms with Crippen LogP contribution < -0.4 is 0 Å². The molecule has 1 fully saturated rings. The van der Waals surface area contributed by atoms with Crippen molar-refractivity contribution in [2.75, 3.05) is 13.1 Å². The fourth-order valence-electron chi connectivity index (χ4n) is 1.60. The number of aliphatic carboxylic acids is 1. The zero-order chi connectivity index (χ0) is 9.14. The fourth-order valence-corrected chi connectivity index (χ4v) is 1.60. The van der Waals surface area contributed by atoms with Crippen LogP contribution in [0.4, 0.5) is 0 Å². The van der Waals surface area contributed by atoms with Gasteiger partial charge in [-0.25, -0.2) is 0 Å². The average Bonchev–Trinajstić information content (AvgIpc) is 2.33. The first-order valence-corrected chi connectivity index (χ1v) is 4.09. The number of hydrogen-bond donors (Lipinski definition) is 2. The number of aliphatic hydroxyl groups excluding tert-OH is 1. The lowest BCUT2D eigenvalue weighted by Crippen LogP contribution is -2.39. The second-order valence-electron chi connectivity index (χ2n) is 3.15. The van der Waals surface area contributed by atoms with E-state index in [1.807, 2.05) is 0 Å². The third-order valence-electron chi connectivity index (χ3n) is 2.09. The molecule has 1 rings (SSSR count). The summed E-state index contributed by atoms with van der Waals surface area (Å²) < 4.78 is 0. The van der Waals surface area contributed by atoms with Crippen LogP contribution in [-0.2, 0) is 4.79 Å². The van der Waals surface area contributed by atoms with Crippen molar-refractivity contribution in [3.63, 3.8) is 0 Å². The Morgan fingerprint density at radius 1 is 1.75 bits per heavy atom. The van der Waals surface area contributed by atoms with Crippen LogP contribution >= 0.6 is 0 Å². The summed E-state index contributed by atoms with van der Waals surface area (Å²) in [5.74, 6) is -0.798. The van der Waals surface area contributed by atoms with Gasteiger partial charge in [0.1, 0.15) is 6.04 Å². The maximum atomic E-state index is 10.6. The standard InChI is InChI=1S/C8H14NO3/c1-6(10)5-9-4-2-3-7(9)8(11)12/h6-7,10H,1-5H2,(H,11,12). The van der Waals surface area contributed by atoms with Crippen LogP contribution in [0.25, 0.3) is 0 Å². The lowest BCUT2D eigenvalue weighted by atomic mass is 10.2. The van der Waals surface area contributed by atoms with Gasteiger partial charge in [0.2, 0.25) is 0 Å². The molecule has 0 aromatic rings. The van der Waals surface area contributed by atoms with Gasteiger partial charge in [-0.3, -0.25) is 9.69 Å². The summed E-state index contributed by atoms with van der Waals surface area (Å²) in [6.45, 7) is 4.53. The molecular formula is C8H14NO3. The van der Waals surface area contributed by atoms with E-state index in [1.54, 1.807) is 4.90 Å². The zero-order valence-corrected chi connectivity index (χ0v) is 6.94. The molecule has 69 valence electrons. The predicted molar refractivity (Wildman–Crippen MR) is 43.6 cm³/mol. The third-order valence-corrected chi connectivity index (χ3v) is 2.09. The molecule has 0 spiro atoms. The Balaban J connectivity index is 2.46. The molecule has 1 heterocycles. The summed E-state index contributed by atoms with van der Waals surface area (Å²) >= 11 is 0. The van der Waals surface area contributed by atoms with Crippen molar-refractivity contribution in [1.82, 2.24) is 4.90 Å². The maximum absolute atomic E-state index is 10.6. The first-order valence-electron chi connectivity index (χ1n) is 4.09. The monoisotopic (exact) mass is 172 g/mol. The van der Waals surface area contributed by atoms with Gasteiger partial charge in [0, 0.05) is 6.54 Å². The molecule has 0 aromatic carbocycles. The molecule has 1 saturated heterocycles. The average molecular weight is 172 g/mol. The Bertz CT molecular complexity index is 170. The number of rotatable bonds is 3. The Morgan fingerprint density at radius 3 is 2.92 bits per heavy atom. The predicted octanol–water partition coefficient (Wildman–Crippen LogP) is -0.270. The molecule has 1 aliphatic rings. The molecule has 2 atom stereocenters. The number of aliphatic hydroxyl groups is 1. The summed E-state index contributed by atoms with van der Waals surface area (Å²) in [5, 5.41) is 17.7. The van der Waals surface area contributed by atoms with Gasteiger partial charge in [0.15, 0.2) is 0 Å². The van der Waals surface area contributed by atoms with Gasteiger partial charge in [0.05, 0.1) is 6.10 Å². The van der Waals surface area contributed by atoms with Crippen LogP contribution in [0.1, 0.15) is 12.8 Å². The van der Waals surface area contributed by atoms with Crippen LogP contribution in [0.2, 0.25) is 0 Å². The van der Waals surface area contributed by atoms with Gasteiger partial charge in [-0.2, -0.15) is 0 Å². The number of carbonyl (C=O) groups is 1. The lowest BCUT2D eigenvalue weighted by Gasteiger charge is -2.21. The van der Waals surface area contributed by atoms with Crippen molar-refractivity contribution < 1.29 is 15.0 Å². The summed E-state index contributed by atoms with van der Waals surface area (Å²) in [7, 11) is 0. The minimum atomic E-state index is -0.798. The highest BCUT2D eigenvalue weighted by Gasteiger charge is 2.30. The maximum Gasteiger partial charge on any atom is 0.320 e. The van der Waals surface area contributed by atoms with Gasteiger partial charge in [-0.15, -0.1) is 0 Å². The lowest BCUT2D eigenvalue weighted by molar-refractivity contribution is -0.142. The molecule has 4 nitrogen and oxygen atoms in total. The Labute approximate surface area is 71.8 Å². The second kappa shape index (κ2) is 3.87. The van der Waals surface area contributed by atoms with E-state index in [2.05, 4.69) is 6.92 Å². The highest BCUT2D eigenvalue weighted by Crippen LogP contribution is 2.17. The van der Waals surface area contributed by atoms with E-state index in [1.165, 1.54) is 0 Å². The van der Waals surface area contributed by atoms with Crippen molar-refractivity contribution >= 4 is 5.97 Å². The molecule has 4 heteroatoms. The van der Waals surface area contributed by atoms with E-state index in [9.17, 15) is 4.79 Å². The molecule has 0 aromatic heterocycles. The number of β-amino-alcohol motifs (C(OH)–C–C–N with tert-alkyl or cyclic N) is 1. The Hall–Kier alpha value is -0.610. The third kappa shape index (κ3) is 2.19. The van der Waals surface area contributed by atoms with E-state index in [4.69, 9.17) is 10.2 Å². The fraction of sp³-hybridized carbons (Fsp3) is 0.750. The van der Waals surface area contributed by atoms with Crippen molar-refractivity contribution in [3.8, 4) is 0 Å². The smallest absolute Gasteiger partial charge is 0.320 e. The molecule has 0 bridgehead atoms. The Kier molecular flexibility index (Phi) is 3.05. The summed E-state index contributed by atoms with van der Waals surface area (Å²) in [5.41, 5.74) is 0. The van der Waals surface area contributed by atoms with E-state index in [-0.39, 0.29) is 0 Å². The van der Waals surface area contributed by atoms with Crippen LogP contribution in [0, 0.1) is 6.92 Å². The van der Waals surface area contributed by atoms with Crippen molar-refractivity contribution in [2.24, 2.45) is 0 Å². The molecule has 0 amide bonds. The highest BCUT2D eigenvalue weighted by molar-refractivity contribution is 5.73. The van der Waals surface area contributed by atoms with Crippen molar-refractivity contribution in [3.05, 3.63) is 6.92 Å². The number of carboxylic acid groups (broad SMARTS) is 1. The minimum absolute atomic E-state index is 0.358. The molecule has 1 radical (unpaired) electrons. The molecule has 12 heavy (non-hydrogen) atoms. The SMILES string of the molecule is [CH2]C(O)CN1CCCC1C(=O)O. The molecule has 0 aliphatic carbocycles. The van der Waals surface area contributed by atoms with Crippen molar-refractivity contribution in [1.29, 1.82) is 0 Å². The number of hydrogen-bond acceptors (Lipinski definition) is 3. The number of likely N-dealkylation sites (tertiary alicyclic amines) is 1. The molecule has 2 N–H and O–H groups in total. The number of carboxylic acids is 1. The normalized spacial score (nSPS) is 27.3. The summed E-state index contributed by atoms with van der Waals surface area (Å²) in [6.07, 6.45) is 0.885.